The number of benzene rings is 2. The molecule has 0 N–H and O–H groups in total. The fourth-order valence-corrected chi connectivity index (χ4v) is 3.74. The second kappa shape index (κ2) is 14.8. The van der Waals surface area contributed by atoms with E-state index >= 15 is 0 Å². The minimum atomic E-state index is -0.427. The number of ether oxygens (including phenoxy) is 4. The quantitative estimate of drug-likeness (QED) is 0.147. The Morgan fingerprint density at radius 1 is 0.718 bits per heavy atom. The number of rotatable bonds is 14. The van der Waals surface area contributed by atoms with Crippen LogP contribution in [0.2, 0.25) is 0 Å². The van der Waals surface area contributed by atoms with Gasteiger partial charge < -0.3 is 18.9 Å². The monoisotopic (exact) mass is 532 g/mol. The predicted molar refractivity (Wildman–Crippen MR) is 157 cm³/mol. The lowest BCUT2D eigenvalue weighted by molar-refractivity contribution is -0.140. The lowest BCUT2D eigenvalue weighted by Crippen LogP contribution is -2.20. The van der Waals surface area contributed by atoms with E-state index in [4.69, 9.17) is 18.9 Å². The van der Waals surface area contributed by atoms with Gasteiger partial charge >= 0.3 is 11.9 Å². The number of hydrogen-bond acceptors (Lipinski definition) is 6. The van der Waals surface area contributed by atoms with E-state index in [0.717, 1.165) is 22.3 Å². The summed E-state index contributed by atoms with van der Waals surface area (Å²) in [5, 5.41) is 0. The van der Waals surface area contributed by atoms with E-state index in [-0.39, 0.29) is 31.8 Å². The lowest BCUT2D eigenvalue weighted by Gasteiger charge is -2.28. The van der Waals surface area contributed by atoms with Gasteiger partial charge in [-0.3, -0.25) is 0 Å². The van der Waals surface area contributed by atoms with Crippen molar-refractivity contribution in [1.29, 1.82) is 0 Å². The van der Waals surface area contributed by atoms with Gasteiger partial charge in [0.2, 0.25) is 0 Å². The number of allylic oxidation sites excluding steroid dienone is 2. The number of carbonyl (C=O) groups excluding carboxylic acids is 2. The van der Waals surface area contributed by atoms with E-state index in [0.29, 0.717) is 22.6 Å². The molecule has 0 atom stereocenters. The van der Waals surface area contributed by atoms with Crippen LogP contribution in [0, 0.1) is 0 Å². The highest BCUT2D eigenvalue weighted by atomic mass is 16.6. The van der Waals surface area contributed by atoms with Crippen molar-refractivity contribution in [2.24, 2.45) is 0 Å². The van der Waals surface area contributed by atoms with E-state index in [1.807, 2.05) is 50.3 Å². The Balaban J connectivity index is 2.22. The molecular weight excluding hydrogens is 492 g/mol. The molecule has 0 spiro atoms. The fourth-order valence-electron chi connectivity index (χ4n) is 3.74. The van der Waals surface area contributed by atoms with Crippen molar-refractivity contribution in [1.82, 2.24) is 0 Å². The van der Waals surface area contributed by atoms with Crippen LogP contribution in [0.3, 0.4) is 0 Å². The van der Waals surface area contributed by atoms with Gasteiger partial charge in [-0.15, -0.1) is 0 Å². The van der Waals surface area contributed by atoms with E-state index < -0.39 is 11.9 Å². The summed E-state index contributed by atoms with van der Waals surface area (Å²) in [6.45, 7) is 19.4. The summed E-state index contributed by atoms with van der Waals surface area (Å²) in [7, 11) is 0. The molecule has 6 nitrogen and oxygen atoms in total. The van der Waals surface area contributed by atoms with Gasteiger partial charge in [0.05, 0.1) is 0 Å². The van der Waals surface area contributed by atoms with Crippen LogP contribution in [-0.2, 0) is 24.5 Å². The minimum Gasteiger partial charge on any atom is -0.489 e. The zero-order valence-corrected chi connectivity index (χ0v) is 24.0. The van der Waals surface area contributed by atoms with Crippen molar-refractivity contribution in [3.8, 4) is 11.5 Å². The fraction of sp³-hybridized carbons (Fsp3) is 0.333. The molecule has 2 rings (SSSR count). The molecule has 0 saturated carbocycles. The van der Waals surface area contributed by atoms with Crippen LogP contribution >= 0.6 is 0 Å². The average molecular weight is 533 g/mol. The summed E-state index contributed by atoms with van der Waals surface area (Å²) in [6.07, 6.45) is 7.92. The first-order valence-corrected chi connectivity index (χ1v) is 13.0. The van der Waals surface area contributed by atoms with Crippen molar-refractivity contribution in [3.63, 3.8) is 0 Å². The molecule has 0 aliphatic carbocycles. The summed E-state index contributed by atoms with van der Waals surface area (Å²) >= 11 is 0. The van der Waals surface area contributed by atoms with Crippen LogP contribution < -0.4 is 9.47 Å². The summed E-state index contributed by atoms with van der Waals surface area (Å²) in [5.41, 5.74) is 4.50. The molecule has 0 aromatic heterocycles. The molecular formula is C33H40O6. The summed E-state index contributed by atoms with van der Waals surface area (Å²) < 4.78 is 22.1. The largest absolute Gasteiger partial charge is 0.489 e. The molecule has 0 aliphatic heterocycles. The molecule has 0 saturated heterocycles. The first-order valence-electron chi connectivity index (χ1n) is 13.0. The summed E-state index contributed by atoms with van der Waals surface area (Å²) in [4.78, 5) is 23.2. The Hall–Kier alpha value is -4.06. The van der Waals surface area contributed by atoms with Crippen LogP contribution in [-0.4, -0.2) is 38.4 Å². The van der Waals surface area contributed by atoms with Crippen LogP contribution in [0.25, 0.3) is 12.2 Å². The zero-order chi connectivity index (χ0) is 29.0. The molecule has 0 heterocycles. The van der Waals surface area contributed by atoms with Crippen molar-refractivity contribution < 1.29 is 28.5 Å². The molecule has 39 heavy (non-hydrogen) atoms. The molecule has 0 radical (unpaired) electrons. The third-order valence-electron chi connectivity index (χ3n) is 6.00. The van der Waals surface area contributed by atoms with Gasteiger partial charge in [0.1, 0.15) is 37.9 Å². The van der Waals surface area contributed by atoms with Crippen molar-refractivity contribution in [3.05, 3.63) is 95.1 Å². The third kappa shape index (κ3) is 9.02. The van der Waals surface area contributed by atoms with E-state index in [1.54, 1.807) is 13.8 Å². The second-order valence-electron chi connectivity index (χ2n) is 9.66. The maximum Gasteiger partial charge on any atom is 0.333 e. The van der Waals surface area contributed by atoms with Crippen molar-refractivity contribution in [2.75, 3.05) is 26.4 Å². The number of esters is 2. The minimum absolute atomic E-state index is 0.146. The van der Waals surface area contributed by atoms with Gasteiger partial charge in [0.25, 0.3) is 0 Å². The number of hydrogen-bond donors (Lipinski definition) is 0. The Kier molecular flexibility index (Phi) is 11.8. The summed E-state index contributed by atoms with van der Waals surface area (Å²) in [6, 6.07) is 12.2. The van der Waals surface area contributed by atoms with E-state index in [9.17, 15) is 9.59 Å². The predicted octanol–water partition coefficient (Wildman–Crippen LogP) is 7.07. The maximum absolute atomic E-state index is 11.6. The molecule has 0 unspecified atom stereocenters. The highest BCUT2D eigenvalue weighted by Gasteiger charge is 2.25. The SMILES string of the molecule is C=C(C)C(=O)OCCOc1ccc(C(C)(C)c2ccc(OCCOC(=O)C(=C)C)c(C=CC)c2)cc1C=CC. The topological polar surface area (TPSA) is 71.1 Å². The Morgan fingerprint density at radius 2 is 1.10 bits per heavy atom. The van der Waals surface area contributed by atoms with Crippen LogP contribution in [0.1, 0.15) is 63.8 Å². The highest BCUT2D eigenvalue weighted by Crippen LogP contribution is 2.37. The van der Waals surface area contributed by atoms with Gasteiger partial charge in [0.15, 0.2) is 0 Å². The van der Waals surface area contributed by atoms with Crippen molar-refractivity contribution >= 4 is 24.1 Å². The molecule has 2 aromatic rings. The smallest absolute Gasteiger partial charge is 0.333 e. The van der Waals surface area contributed by atoms with Gasteiger partial charge in [-0.05, 0) is 63.1 Å². The molecule has 2 aromatic carbocycles. The lowest BCUT2D eigenvalue weighted by atomic mass is 9.77. The Morgan fingerprint density at radius 3 is 1.44 bits per heavy atom. The molecule has 0 aliphatic rings. The Bertz CT molecular complexity index is 1150. The van der Waals surface area contributed by atoms with Gasteiger partial charge in [-0.2, -0.15) is 0 Å². The molecule has 208 valence electrons. The average Bonchev–Trinajstić information content (AvgIpc) is 2.90. The first-order chi connectivity index (χ1) is 18.5. The zero-order valence-electron chi connectivity index (χ0n) is 24.0. The van der Waals surface area contributed by atoms with Gasteiger partial charge in [-0.1, -0.05) is 63.4 Å². The Labute approximate surface area is 232 Å². The highest BCUT2D eigenvalue weighted by molar-refractivity contribution is 5.87. The van der Waals surface area contributed by atoms with Crippen LogP contribution in [0.15, 0.2) is 72.9 Å². The van der Waals surface area contributed by atoms with Crippen LogP contribution in [0.4, 0.5) is 0 Å². The number of carbonyl (C=O) groups is 2. The molecule has 0 bridgehead atoms. The first kappa shape index (κ1) is 31.2. The second-order valence-corrected chi connectivity index (χ2v) is 9.66. The molecule has 6 heteroatoms. The standard InChI is InChI=1S/C33H40O6/c1-9-11-25-21-27(13-15-29(25)36-17-19-38-31(34)23(3)4)33(7,8)28-14-16-30(26(22-28)12-10-2)37-18-20-39-32(35)24(5)6/h9-16,21-22H,3,5,17-20H2,1-2,4,6-8H3. The van der Waals surface area contributed by atoms with Crippen molar-refractivity contribution in [2.45, 2.75) is 47.0 Å². The normalized spacial score (nSPS) is 11.4. The maximum atomic E-state index is 11.6. The molecule has 0 amide bonds. The third-order valence-corrected chi connectivity index (χ3v) is 6.00. The van der Waals surface area contributed by atoms with Gasteiger partial charge in [0, 0.05) is 27.7 Å². The van der Waals surface area contributed by atoms with Crippen LogP contribution in [0.5, 0.6) is 11.5 Å². The van der Waals surface area contributed by atoms with E-state index in [1.165, 1.54) is 0 Å². The summed E-state index contributed by atoms with van der Waals surface area (Å²) in [5.74, 6) is 0.572. The van der Waals surface area contributed by atoms with E-state index in [2.05, 4.69) is 51.3 Å². The van der Waals surface area contributed by atoms with Gasteiger partial charge in [-0.25, -0.2) is 9.59 Å². The molecule has 0 fully saturated rings.